The summed E-state index contributed by atoms with van der Waals surface area (Å²) in [6.45, 7) is 8.88. The molecule has 0 amide bonds. The lowest BCUT2D eigenvalue weighted by molar-refractivity contribution is 0.488. The van der Waals surface area contributed by atoms with Crippen molar-refractivity contribution >= 4 is 17.8 Å². The second-order valence-corrected chi connectivity index (χ2v) is 4.39. The number of hydrogen-bond acceptors (Lipinski definition) is 7. The Balaban J connectivity index is 3.00. The molecule has 0 spiro atoms. The Hall–Kier alpha value is -1.63. The maximum Gasteiger partial charge on any atom is 0.244 e. The molecule has 7 heteroatoms. The van der Waals surface area contributed by atoms with Gasteiger partial charge >= 0.3 is 0 Å². The number of nitrogens with one attached hydrogen (secondary N) is 2. The van der Waals surface area contributed by atoms with Crippen LogP contribution in [0.5, 0.6) is 0 Å². The molecule has 7 nitrogen and oxygen atoms in total. The third-order valence-electron chi connectivity index (χ3n) is 2.53. The van der Waals surface area contributed by atoms with Gasteiger partial charge in [0.25, 0.3) is 0 Å². The summed E-state index contributed by atoms with van der Waals surface area (Å²) in [5.41, 5.74) is 3.07. The topological polar surface area (TPSA) is 69.2 Å². The van der Waals surface area contributed by atoms with Crippen molar-refractivity contribution in [3.63, 3.8) is 0 Å². The first-order valence-electron chi connectivity index (χ1n) is 6.79. The van der Waals surface area contributed by atoms with Gasteiger partial charge in [-0.25, -0.2) is 5.01 Å². The number of hydrogen-bond donors (Lipinski definition) is 2. The van der Waals surface area contributed by atoms with Crippen LogP contribution < -0.4 is 15.6 Å². The van der Waals surface area contributed by atoms with Gasteiger partial charge in [-0.05, 0) is 20.3 Å². The minimum Gasteiger partial charge on any atom is -0.354 e. The van der Waals surface area contributed by atoms with E-state index in [9.17, 15) is 0 Å². The molecule has 0 atom stereocenters. The number of aromatic nitrogens is 3. The van der Waals surface area contributed by atoms with Crippen LogP contribution in [0.25, 0.3) is 0 Å². The molecule has 0 aliphatic carbocycles. The Morgan fingerprint density at radius 2 is 1.58 bits per heavy atom. The number of rotatable bonds is 8. The van der Waals surface area contributed by atoms with Gasteiger partial charge in [0.15, 0.2) is 0 Å². The Kier molecular flexibility index (Phi) is 6.27. The first-order chi connectivity index (χ1) is 9.10. The van der Waals surface area contributed by atoms with Crippen molar-refractivity contribution in [2.75, 3.05) is 49.4 Å². The van der Waals surface area contributed by atoms with E-state index in [0.29, 0.717) is 17.8 Å². The smallest absolute Gasteiger partial charge is 0.244 e. The summed E-state index contributed by atoms with van der Waals surface area (Å²) in [5.74, 6) is 1.87. The Labute approximate surface area is 115 Å². The van der Waals surface area contributed by atoms with Crippen molar-refractivity contribution in [1.29, 1.82) is 0 Å². The lowest BCUT2D eigenvalue weighted by Crippen LogP contribution is -2.27. The van der Waals surface area contributed by atoms with Crippen molar-refractivity contribution in [2.45, 2.75) is 27.2 Å². The van der Waals surface area contributed by atoms with E-state index in [4.69, 9.17) is 0 Å². The summed E-state index contributed by atoms with van der Waals surface area (Å²) in [4.78, 5) is 15.3. The van der Waals surface area contributed by atoms with E-state index in [2.05, 4.69) is 51.4 Å². The summed E-state index contributed by atoms with van der Waals surface area (Å²) >= 11 is 0. The molecule has 0 saturated carbocycles. The molecular formula is C12H25N7. The van der Waals surface area contributed by atoms with Gasteiger partial charge in [-0.2, -0.15) is 15.0 Å². The molecule has 0 unspecified atom stereocenters. The molecule has 1 aromatic rings. The van der Waals surface area contributed by atoms with Crippen molar-refractivity contribution in [3.05, 3.63) is 0 Å². The summed E-state index contributed by atoms with van der Waals surface area (Å²) in [5, 5.41) is 5.01. The highest BCUT2D eigenvalue weighted by atomic mass is 15.5. The van der Waals surface area contributed by atoms with Gasteiger partial charge in [-0.1, -0.05) is 6.92 Å². The van der Waals surface area contributed by atoms with E-state index in [1.807, 2.05) is 19.1 Å². The van der Waals surface area contributed by atoms with Crippen molar-refractivity contribution in [1.82, 2.24) is 20.0 Å². The lowest BCUT2D eigenvalue weighted by atomic mass is 10.5. The molecule has 1 heterocycles. The predicted molar refractivity (Wildman–Crippen MR) is 79.5 cm³/mol. The maximum absolute atomic E-state index is 4.45. The first-order valence-corrected chi connectivity index (χ1v) is 6.79. The van der Waals surface area contributed by atoms with Crippen LogP contribution in [-0.2, 0) is 0 Å². The van der Waals surface area contributed by atoms with E-state index in [-0.39, 0.29) is 0 Å². The van der Waals surface area contributed by atoms with Gasteiger partial charge in [0.1, 0.15) is 0 Å². The van der Waals surface area contributed by atoms with Gasteiger partial charge < -0.3 is 10.2 Å². The van der Waals surface area contributed by atoms with Crippen LogP contribution in [0.1, 0.15) is 27.2 Å². The summed E-state index contributed by atoms with van der Waals surface area (Å²) in [7, 11) is 3.81. The third kappa shape index (κ3) is 4.86. The molecule has 1 aromatic heterocycles. The fourth-order valence-electron chi connectivity index (χ4n) is 1.58. The zero-order valence-corrected chi connectivity index (χ0v) is 12.6. The van der Waals surface area contributed by atoms with E-state index in [0.717, 1.165) is 26.1 Å². The molecule has 0 bridgehead atoms. The largest absolute Gasteiger partial charge is 0.354 e. The molecule has 2 N–H and O–H groups in total. The van der Waals surface area contributed by atoms with Crippen LogP contribution in [-0.4, -0.2) is 53.7 Å². The molecule has 0 aromatic carbocycles. The summed E-state index contributed by atoms with van der Waals surface area (Å²) in [6, 6.07) is 0. The van der Waals surface area contributed by atoms with E-state index in [1.165, 1.54) is 0 Å². The zero-order chi connectivity index (χ0) is 14.3. The molecule has 0 fully saturated rings. The zero-order valence-electron chi connectivity index (χ0n) is 12.6. The first kappa shape index (κ1) is 15.4. The van der Waals surface area contributed by atoms with E-state index in [1.54, 1.807) is 0 Å². The van der Waals surface area contributed by atoms with Crippen molar-refractivity contribution in [2.24, 2.45) is 0 Å². The molecule has 0 radical (unpaired) electrons. The molecule has 0 saturated heterocycles. The second-order valence-electron chi connectivity index (χ2n) is 4.39. The second kappa shape index (κ2) is 7.73. The average molecular weight is 267 g/mol. The molecule has 19 heavy (non-hydrogen) atoms. The van der Waals surface area contributed by atoms with E-state index < -0.39 is 0 Å². The number of nitrogens with zero attached hydrogens (tertiary/aromatic N) is 5. The minimum absolute atomic E-state index is 0.556. The van der Waals surface area contributed by atoms with Crippen LogP contribution in [0.15, 0.2) is 0 Å². The monoisotopic (exact) mass is 267 g/mol. The highest BCUT2D eigenvalue weighted by molar-refractivity contribution is 5.43. The van der Waals surface area contributed by atoms with Crippen LogP contribution in [0.2, 0.25) is 0 Å². The maximum atomic E-state index is 4.45. The van der Waals surface area contributed by atoms with Crippen LogP contribution in [0.3, 0.4) is 0 Å². The average Bonchev–Trinajstić information content (AvgIpc) is 2.37. The number of anilines is 3. The van der Waals surface area contributed by atoms with Gasteiger partial charge in [0.2, 0.25) is 17.8 Å². The fourth-order valence-corrected chi connectivity index (χ4v) is 1.58. The molecule has 108 valence electrons. The summed E-state index contributed by atoms with van der Waals surface area (Å²) in [6.07, 6.45) is 1.03. The normalized spacial score (nSPS) is 10.6. The van der Waals surface area contributed by atoms with Gasteiger partial charge in [-0.15, -0.1) is 0 Å². The molecule has 0 aliphatic heterocycles. The van der Waals surface area contributed by atoms with E-state index >= 15 is 0 Å². The van der Waals surface area contributed by atoms with Gasteiger partial charge in [0, 0.05) is 33.7 Å². The SMILES string of the molecule is CCCNc1nc(NN(C)C)nc(N(CC)CC)n1. The lowest BCUT2D eigenvalue weighted by Gasteiger charge is -2.20. The highest BCUT2D eigenvalue weighted by Gasteiger charge is 2.11. The Morgan fingerprint density at radius 3 is 2.11 bits per heavy atom. The molecule has 0 aliphatic rings. The van der Waals surface area contributed by atoms with Crippen molar-refractivity contribution < 1.29 is 0 Å². The quantitative estimate of drug-likeness (QED) is 0.690. The Morgan fingerprint density at radius 1 is 0.947 bits per heavy atom. The fraction of sp³-hybridized carbons (Fsp3) is 0.750. The number of hydrazine groups is 1. The standard InChI is InChI=1S/C12H25N7/c1-6-9-13-10-14-11(17-18(4)5)16-12(15-10)19(7-2)8-3/h6-9H2,1-5H3,(H2,13,14,15,16,17). The molecule has 1 rings (SSSR count). The van der Waals surface area contributed by atoms with Crippen molar-refractivity contribution in [3.8, 4) is 0 Å². The van der Waals surface area contributed by atoms with Gasteiger partial charge in [-0.3, -0.25) is 5.43 Å². The third-order valence-corrected chi connectivity index (χ3v) is 2.53. The Bertz CT molecular complexity index is 376. The van der Waals surface area contributed by atoms with Crippen LogP contribution in [0, 0.1) is 0 Å². The molecular weight excluding hydrogens is 242 g/mol. The van der Waals surface area contributed by atoms with Crippen LogP contribution >= 0.6 is 0 Å². The minimum atomic E-state index is 0.556. The predicted octanol–water partition coefficient (Wildman–Crippen LogP) is 1.43. The summed E-state index contributed by atoms with van der Waals surface area (Å²) < 4.78 is 0. The highest BCUT2D eigenvalue weighted by Crippen LogP contribution is 2.13. The van der Waals surface area contributed by atoms with Gasteiger partial charge in [0.05, 0.1) is 0 Å². The van der Waals surface area contributed by atoms with Crippen LogP contribution in [0.4, 0.5) is 17.8 Å².